The Morgan fingerprint density at radius 1 is 1.19 bits per heavy atom. The molecular weight excluding hydrogens is 338 g/mol. The highest BCUT2D eigenvalue weighted by Crippen LogP contribution is 2.31. The topological polar surface area (TPSA) is 61.8 Å². The van der Waals surface area contributed by atoms with E-state index in [0.717, 1.165) is 35.6 Å². The van der Waals surface area contributed by atoms with Gasteiger partial charge in [-0.15, -0.1) is 0 Å². The van der Waals surface area contributed by atoms with Crippen LogP contribution in [0.4, 0.5) is 11.4 Å². The second-order valence-corrected chi connectivity index (χ2v) is 7.37. The highest BCUT2D eigenvalue weighted by Gasteiger charge is 2.36. The molecule has 1 atom stereocenters. The molecule has 2 aromatic carbocycles. The highest BCUT2D eigenvalue weighted by atomic mass is 16.2. The number of para-hydroxylation sites is 1. The Balaban J connectivity index is 1.42. The molecule has 1 N–H and O–H groups in total. The van der Waals surface area contributed by atoms with Crippen molar-refractivity contribution in [2.24, 2.45) is 10.9 Å². The number of amides is 1. The molecule has 0 aromatic heterocycles. The molecule has 5 heteroatoms. The maximum Gasteiger partial charge on any atom is 0.238 e. The Hall–Kier alpha value is -2.79. The fourth-order valence-corrected chi connectivity index (χ4v) is 3.76. The van der Waals surface area contributed by atoms with Crippen molar-refractivity contribution >= 4 is 28.8 Å². The second kappa shape index (κ2) is 7.08. The van der Waals surface area contributed by atoms with E-state index in [1.165, 1.54) is 5.56 Å². The zero-order chi connectivity index (χ0) is 19.0. The number of piperidine rings is 1. The van der Waals surface area contributed by atoms with Crippen LogP contribution < -0.4 is 5.32 Å². The summed E-state index contributed by atoms with van der Waals surface area (Å²) in [7, 11) is 0. The monoisotopic (exact) mass is 361 g/mol. The van der Waals surface area contributed by atoms with Crippen molar-refractivity contribution in [1.29, 1.82) is 0 Å². The molecular formula is C22H23N3O2. The molecule has 1 amide bonds. The minimum atomic E-state index is -0.233. The number of anilines is 1. The molecule has 0 aliphatic carbocycles. The number of rotatable bonds is 3. The van der Waals surface area contributed by atoms with E-state index >= 15 is 0 Å². The van der Waals surface area contributed by atoms with Gasteiger partial charge in [-0.1, -0.05) is 18.2 Å². The van der Waals surface area contributed by atoms with Crippen molar-refractivity contribution in [3.05, 3.63) is 59.2 Å². The summed E-state index contributed by atoms with van der Waals surface area (Å²) in [6.07, 6.45) is 0.724. The fraction of sp³-hybridized carbons (Fsp3) is 0.318. The number of aryl methyl sites for hydroxylation is 2. The van der Waals surface area contributed by atoms with Crippen LogP contribution >= 0.6 is 0 Å². The van der Waals surface area contributed by atoms with E-state index in [0.29, 0.717) is 12.1 Å². The highest BCUT2D eigenvalue weighted by molar-refractivity contribution is 6.18. The lowest BCUT2D eigenvalue weighted by molar-refractivity contribution is -0.117. The molecule has 0 bridgehead atoms. The fourth-order valence-electron chi connectivity index (χ4n) is 3.76. The number of nitrogens with one attached hydrogen (secondary N) is 1. The molecule has 0 radical (unpaired) electrons. The molecule has 0 saturated carbocycles. The number of carbonyl (C=O) groups is 2. The van der Waals surface area contributed by atoms with Crippen molar-refractivity contribution in [3.63, 3.8) is 0 Å². The summed E-state index contributed by atoms with van der Waals surface area (Å²) in [6, 6.07) is 13.4. The predicted molar refractivity (Wildman–Crippen MR) is 107 cm³/mol. The van der Waals surface area contributed by atoms with E-state index in [2.05, 4.69) is 10.3 Å². The molecule has 2 aromatic rings. The average Bonchev–Trinajstić information content (AvgIpc) is 2.65. The van der Waals surface area contributed by atoms with Gasteiger partial charge in [-0.25, -0.2) is 0 Å². The molecule has 1 unspecified atom stereocenters. The van der Waals surface area contributed by atoms with Crippen LogP contribution in [0.2, 0.25) is 0 Å². The summed E-state index contributed by atoms with van der Waals surface area (Å²) in [5, 5.41) is 2.96. The van der Waals surface area contributed by atoms with Crippen molar-refractivity contribution in [2.75, 3.05) is 25.0 Å². The van der Waals surface area contributed by atoms with Gasteiger partial charge in [-0.3, -0.25) is 19.5 Å². The number of likely N-dealkylation sites (tertiary alicyclic amines) is 1. The van der Waals surface area contributed by atoms with E-state index in [1.54, 1.807) is 0 Å². The van der Waals surface area contributed by atoms with Crippen molar-refractivity contribution in [1.82, 2.24) is 4.90 Å². The number of nitrogens with zero attached hydrogens (tertiary/aromatic N) is 2. The van der Waals surface area contributed by atoms with Crippen LogP contribution in [0, 0.1) is 19.8 Å². The molecule has 2 aliphatic rings. The predicted octanol–water partition coefficient (Wildman–Crippen LogP) is 3.53. The van der Waals surface area contributed by atoms with Gasteiger partial charge in [0.25, 0.3) is 0 Å². The Bertz CT molecular complexity index is 948. The third-order valence-electron chi connectivity index (χ3n) is 5.44. The average molecular weight is 361 g/mol. The number of aliphatic imine (C=N–C) groups is 1. The first-order chi connectivity index (χ1) is 13.0. The number of ketones is 1. The third-order valence-corrected chi connectivity index (χ3v) is 5.44. The van der Waals surface area contributed by atoms with E-state index in [4.69, 9.17) is 0 Å². The van der Waals surface area contributed by atoms with Crippen molar-refractivity contribution in [2.45, 2.75) is 20.3 Å². The molecule has 4 rings (SSSR count). The molecule has 27 heavy (non-hydrogen) atoms. The normalized spacial score (nSPS) is 19.1. The molecule has 0 spiro atoms. The van der Waals surface area contributed by atoms with Crippen LogP contribution in [0.3, 0.4) is 0 Å². The number of hydrogen-bond acceptors (Lipinski definition) is 4. The Morgan fingerprint density at radius 3 is 2.81 bits per heavy atom. The van der Waals surface area contributed by atoms with Crippen molar-refractivity contribution < 1.29 is 9.59 Å². The maximum atomic E-state index is 12.8. The van der Waals surface area contributed by atoms with E-state index < -0.39 is 0 Å². The minimum Gasteiger partial charge on any atom is -0.325 e. The molecule has 1 saturated heterocycles. The zero-order valence-electron chi connectivity index (χ0n) is 15.7. The lowest BCUT2D eigenvalue weighted by Gasteiger charge is -2.34. The zero-order valence-corrected chi connectivity index (χ0v) is 15.7. The van der Waals surface area contributed by atoms with Crippen LogP contribution in [0.5, 0.6) is 0 Å². The Labute approximate surface area is 159 Å². The first-order valence-electron chi connectivity index (χ1n) is 9.31. The summed E-state index contributed by atoms with van der Waals surface area (Å²) >= 11 is 0. The molecule has 2 heterocycles. The maximum absolute atomic E-state index is 12.8. The largest absolute Gasteiger partial charge is 0.325 e. The molecule has 5 nitrogen and oxygen atoms in total. The Kier molecular flexibility index (Phi) is 4.62. The van der Waals surface area contributed by atoms with Crippen LogP contribution in [0.1, 0.15) is 27.9 Å². The van der Waals surface area contributed by atoms with Crippen LogP contribution in [-0.2, 0) is 4.79 Å². The van der Waals surface area contributed by atoms with Gasteiger partial charge >= 0.3 is 0 Å². The number of benzene rings is 2. The molecule has 138 valence electrons. The smallest absolute Gasteiger partial charge is 0.238 e. The van der Waals surface area contributed by atoms with Gasteiger partial charge in [0.1, 0.15) is 0 Å². The van der Waals surface area contributed by atoms with Crippen LogP contribution in [0.25, 0.3) is 0 Å². The Morgan fingerprint density at radius 2 is 2.00 bits per heavy atom. The minimum absolute atomic E-state index is 0.0534. The standard InChI is InChI=1S/C22H23N3O2/c1-14-7-8-16(11-15(14)2)23-21(26)13-25-10-9-20-18(12-25)22(27)17-5-3-4-6-19(17)24-20/h3-8,11,18H,9-10,12-13H2,1-2H3,(H,23,26). The van der Waals surface area contributed by atoms with Gasteiger partial charge in [-0.2, -0.15) is 0 Å². The second-order valence-electron chi connectivity index (χ2n) is 7.37. The SMILES string of the molecule is Cc1ccc(NC(=O)CN2CCC3=Nc4ccccc4C(=O)C3C2)cc1C. The summed E-state index contributed by atoms with van der Waals surface area (Å²) in [5.41, 5.74) is 5.57. The van der Waals surface area contributed by atoms with Crippen molar-refractivity contribution in [3.8, 4) is 0 Å². The summed E-state index contributed by atoms with van der Waals surface area (Å²) < 4.78 is 0. The van der Waals surface area contributed by atoms with Gasteiger partial charge in [0, 0.05) is 30.1 Å². The van der Waals surface area contributed by atoms with Gasteiger partial charge in [0.05, 0.1) is 18.2 Å². The first-order valence-corrected chi connectivity index (χ1v) is 9.31. The lowest BCUT2D eigenvalue weighted by Crippen LogP contribution is -2.47. The van der Waals surface area contributed by atoms with E-state index in [1.807, 2.05) is 61.2 Å². The van der Waals surface area contributed by atoms with Gasteiger partial charge in [0.15, 0.2) is 5.78 Å². The van der Waals surface area contributed by atoms with Gasteiger partial charge < -0.3 is 5.32 Å². The van der Waals surface area contributed by atoms with Crippen LogP contribution in [0.15, 0.2) is 47.5 Å². The number of Topliss-reactive ketones (excluding diaryl/α,β-unsaturated/α-hetero) is 1. The van der Waals surface area contributed by atoms with E-state index in [9.17, 15) is 9.59 Å². The number of fused-ring (bicyclic) bond motifs is 2. The van der Waals surface area contributed by atoms with Gasteiger partial charge in [0.2, 0.25) is 5.91 Å². The lowest BCUT2D eigenvalue weighted by atomic mass is 9.85. The first kappa shape index (κ1) is 17.6. The summed E-state index contributed by atoms with van der Waals surface area (Å²) in [5.74, 6) is -0.166. The number of hydrogen-bond donors (Lipinski definition) is 1. The molecule has 2 aliphatic heterocycles. The summed E-state index contributed by atoms with van der Waals surface area (Å²) in [6.45, 7) is 5.65. The summed E-state index contributed by atoms with van der Waals surface area (Å²) in [4.78, 5) is 32.0. The quantitative estimate of drug-likeness (QED) is 0.910. The van der Waals surface area contributed by atoms with E-state index in [-0.39, 0.29) is 24.2 Å². The molecule has 1 fully saturated rings. The number of carbonyl (C=O) groups excluding carboxylic acids is 2. The third kappa shape index (κ3) is 3.55. The van der Waals surface area contributed by atoms with Gasteiger partial charge in [-0.05, 0) is 55.7 Å². The van der Waals surface area contributed by atoms with Crippen LogP contribution in [-0.4, -0.2) is 41.9 Å².